The molecule has 2 saturated heterocycles. The predicted molar refractivity (Wildman–Crippen MR) is 182 cm³/mol. The number of rotatable bonds is 16. The van der Waals surface area contributed by atoms with Gasteiger partial charge in [0.25, 0.3) is 5.91 Å². The monoisotopic (exact) mass is 684 g/mol. The van der Waals surface area contributed by atoms with E-state index >= 15 is 0 Å². The molecule has 0 aromatic heterocycles. The van der Waals surface area contributed by atoms with Gasteiger partial charge in [0.1, 0.15) is 6.10 Å². The number of carbonyl (C=O) groups is 2. The predicted octanol–water partition coefficient (Wildman–Crippen LogP) is 3.52. The summed E-state index contributed by atoms with van der Waals surface area (Å²) >= 11 is 0. The number of aliphatic hydroxyl groups excluding tert-OH is 1. The van der Waals surface area contributed by atoms with E-state index in [0.717, 1.165) is 31.4 Å². The minimum absolute atomic E-state index is 0.0111. The SMILES string of the molecule is CCCCNCC=C1C(=O)Nc2ccc(S(=O)(=O)N(CC(C)C)CC(O)C(Cc3ccccc3)NC(=O)OC3COC4OCCC34)cc21. The van der Waals surface area contributed by atoms with Gasteiger partial charge in [-0.3, -0.25) is 4.79 Å². The zero-order valence-electron chi connectivity index (χ0n) is 27.9. The van der Waals surface area contributed by atoms with Gasteiger partial charge in [-0.1, -0.05) is 63.6 Å². The molecular weight excluding hydrogens is 636 g/mol. The van der Waals surface area contributed by atoms with Gasteiger partial charge < -0.3 is 35.3 Å². The maximum absolute atomic E-state index is 14.2. The second-order valence-electron chi connectivity index (χ2n) is 13.0. The zero-order valence-corrected chi connectivity index (χ0v) is 28.7. The first-order valence-corrected chi connectivity index (χ1v) is 18.3. The lowest BCUT2D eigenvalue weighted by molar-refractivity contribution is -0.110. The van der Waals surface area contributed by atoms with Crippen molar-refractivity contribution in [3.8, 4) is 0 Å². The van der Waals surface area contributed by atoms with Crippen molar-refractivity contribution >= 4 is 33.3 Å². The Kier molecular flexibility index (Phi) is 12.3. The number of benzene rings is 2. The Balaban J connectivity index is 1.34. The minimum Gasteiger partial charge on any atom is -0.443 e. The number of aliphatic hydroxyl groups is 1. The number of nitrogens with one attached hydrogen (secondary N) is 3. The fourth-order valence-corrected chi connectivity index (χ4v) is 7.94. The molecule has 4 N–H and O–H groups in total. The molecule has 2 amide bonds. The van der Waals surface area contributed by atoms with E-state index in [1.165, 1.54) is 16.4 Å². The maximum Gasteiger partial charge on any atom is 0.407 e. The smallest absolute Gasteiger partial charge is 0.407 e. The largest absolute Gasteiger partial charge is 0.443 e. The Morgan fingerprint density at radius 2 is 1.96 bits per heavy atom. The van der Waals surface area contributed by atoms with Gasteiger partial charge in [0, 0.05) is 36.5 Å². The molecule has 12 nitrogen and oxygen atoms in total. The lowest BCUT2D eigenvalue weighted by atomic mass is 10.0. The average Bonchev–Trinajstić information content (AvgIpc) is 3.76. The second kappa shape index (κ2) is 16.4. The molecule has 2 aromatic rings. The van der Waals surface area contributed by atoms with E-state index in [4.69, 9.17) is 14.2 Å². The summed E-state index contributed by atoms with van der Waals surface area (Å²) in [5.74, 6) is -0.401. The number of amides is 2. The summed E-state index contributed by atoms with van der Waals surface area (Å²) in [6.07, 6.45) is 1.96. The lowest BCUT2D eigenvalue weighted by Crippen LogP contribution is -2.51. The third kappa shape index (κ3) is 8.82. The number of unbranched alkanes of at least 4 members (excludes halogenated alkanes) is 1. The average molecular weight is 685 g/mol. The van der Waals surface area contributed by atoms with E-state index in [1.54, 1.807) is 12.1 Å². The molecule has 2 aromatic carbocycles. The van der Waals surface area contributed by atoms with Gasteiger partial charge in [0.2, 0.25) is 10.0 Å². The third-order valence-corrected chi connectivity index (χ3v) is 10.7. The van der Waals surface area contributed by atoms with E-state index in [-0.39, 0.29) is 55.0 Å². The molecule has 0 saturated carbocycles. The number of sulfonamides is 1. The van der Waals surface area contributed by atoms with Crippen molar-refractivity contribution in [2.45, 2.75) is 75.9 Å². The van der Waals surface area contributed by atoms with Crippen LogP contribution in [-0.2, 0) is 35.4 Å². The first-order valence-electron chi connectivity index (χ1n) is 16.9. The molecule has 5 rings (SSSR count). The third-order valence-electron chi connectivity index (χ3n) is 8.84. The van der Waals surface area contributed by atoms with E-state index in [9.17, 15) is 23.1 Å². The summed E-state index contributed by atoms with van der Waals surface area (Å²) in [4.78, 5) is 25.9. The molecule has 3 aliphatic heterocycles. The summed E-state index contributed by atoms with van der Waals surface area (Å²) in [7, 11) is -4.13. The molecule has 262 valence electrons. The van der Waals surface area contributed by atoms with Crippen molar-refractivity contribution in [2.24, 2.45) is 11.8 Å². The van der Waals surface area contributed by atoms with Crippen LogP contribution in [0.15, 0.2) is 59.5 Å². The molecule has 0 spiro atoms. The van der Waals surface area contributed by atoms with E-state index in [0.29, 0.717) is 30.0 Å². The van der Waals surface area contributed by atoms with Crippen LogP contribution in [0.1, 0.15) is 51.2 Å². The molecule has 13 heteroatoms. The molecule has 48 heavy (non-hydrogen) atoms. The summed E-state index contributed by atoms with van der Waals surface area (Å²) in [6, 6.07) is 13.1. The number of fused-ring (bicyclic) bond motifs is 2. The topological polar surface area (TPSA) is 156 Å². The molecule has 0 radical (unpaired) electrons. The molecule has 3 heterocycles. The van der Waals surface area contributed by atoms with Gasteiger partial charge in [-0.25, -0.2) is 13.2 Å². The van der Waals surface area contributed by atoms with Crippen LogP contribution in [0.5, 0.6) is 0 Å². The number of carbonyl (C=O) groups excluding carboxylic acids is 2. The highest BCUT2D eigenvalue weighted by molar-refractivity contribution is 7.89. The van der Waals surface area contributed by atoms with E-state index in [2.05, 4.69) is 22.9 Å². The first kappa shape index (κ1) is 36.0. The Labute approximate surface area is 283 Å². The van der Waals surface area contributed by atoms with Crippen LogP contribution in [0.25, 0.3) is 5.57 Å². The van der Waals surface area contributed by atoms with Gasteiger partial charge in [0.05, 0.1) is 36.2 Å². The van der Waals surface area contributed by atoms with E-state index in [1.807, 2.05) is 44.2 Å². The maximum atomic E-state index is 14.2. The van der Waals surface area contributed by atoms with Gasteiger partial charge in [-0.2, -0.15) is 4.31 Å². The van der Waals surface area contributed by atoms with Crippen LogP contribution in [0, 0.1) is 11.8 Å². The Morgan fingerprint density at radius 1 is 1.17 bits per heavy atom. The Morgan fingerprint density at radius 3 is 2.71 bits per heavy atom. The number of hydrogen-bond acceptors (Lipinski definition) is 9. The highest BCUT2D eigenvalue weighted by atomic mass is 32.2. The van der Waals surface area contributed by atoms with Crippen molar-refractivity contribution in [3.63, 3.8) is 0 Å². The number of ether oxygens (including phenoxy) is 3. The van der Waals surface area contributed by atoms with Gasteiger partial charge in [0.15, 0.2) is 6.29 Å². The minimum atomic E-state index is -4.13. The fourth-order valence-electron chi connectivity index (χ4n) is 6.29. The van der Waals surface area contributed by atoms with Crippen LogP contribution in [-0.4, -0.2) is 93.8 Å². The van der Waals surface area contributed by atoms with Gasteiger partial charge in [-0.05, 0) is 55.5 Å². The highest BCUT2D eigenvalue weighted by Gasteiger charge is 2.44. The van der Waals surface area contributed by atoms with Crippen LogP contribution in [0.3, 0.4) is 0 Å². The molecule has 2 fully saturated rings. The van der Waals surface area contributed by atoms with Crippen LogP contribution < -0.4 is 16.0 Å². The normalized spacial score (nSPS) is 22.5. The first-order chi connectivity index (χ1) is 23.1. The highest BCUT2D eigenvalue weighted by Crippen LogP contribution is 2.35. The van der Waals surface area contributed by atoms with Crippen molar-refractivity contribution < 1.29 is 37.3 Å². The summed E-state index contributed by atoms with van der Waals surface area (Å²) in [5, 5.41) is 20.5. The van der Waals surface area contributed by atoms with Gasteiger partial charge >= 0.3 is 6.09 Å². The van der Waals surface area contributed by atoms with Crippen molar-refractivity contribution in [1.82, 2.24) is 14.9 Å². The van der Waals surface area contributed by atoms with Crippen molar-refractivity contribution in [2.75, 3.05) is 44.7 Å². The van der Waals surface area contributed by atoms with E-state index < -0.39 is 34.4 Å². The quantitative estimate of drug-likeness (QED) is 0.154. The van der Waals surface area contributed by atoms with Crippen LogP contribution in [0.4, 0.5) is 10.5 Å². The number of nitrogens with zero attached hydrogens (tertiary/aromatic N) is 1. The number of hydrogen-bond donors (Lipinski definition) is 4. The molecule has 3 aliphatic rings. The molecule has 5 unspecified atom stereocenters. The lowest BCUT2D eigenvalue weighted by Gasteiger charge is -2.31. The second-order valence-corrected chi connectivity index (χ2v) is 15.0. The van der Waals surface area contributed by atoms with Crippen molar-refractivity contribution in [1.29, 1.82) is 0 Å². The van der Waals surface area contributed by atoms with Gasteiger partial charge in [-0.15, -0.1) is 0 Å². The standard InChI is InChI=1S/C35H48N4O8S/c1-4-5-15-36-16-13-26-28-19-25(11-12-29(28)37-33(26)41)48(43,44)39(20-23(2)3)21-31(40)30(18-24-9-7-6-8-10-24)38-35(42)47-32-22-46-34-27(32)14-17-45-34/h6-13,19,23,27,30-32,34,36,40H,4-5,14-18,20-22H2,1-3H3,(H,37,41)(H,38,42). The summed E-state index contributed by atoms with van der Waals surface area (Å²) in [5.41, 5.74) is 2.33. The Hall–Kier alpha value is -3.33. The molecule has 5 atom stereocenters. The summed E-state index contributed by atoms with van der Waals surface area (Å²) < 4.78 is 46.5. The Bertz CT molecular complexity index is 1550. The number of anilines is 1. The summed E-state index contributed by atoms with van der Waals surface area (Å²) in [6.45, 7) is 7.81. The van der Waals surface area contributed by atoms with Crippen LogP contribution in [0.2, 0.25) is 0 Å². The number of alkyl carbamates (subject to hydrolysis) is 1. The zero-order chi connectivity index (χ0) is 34.3. The van der Waals surface area contributed by atoms with Crippen LogP contribution >= 0.6 is 0 Å². The molecule has 0 aliphatic carbocycles. The molecule has 0 bridgehead atoms. The fraction of sp³-hybridized carbons (Fsp3) is 0.543. The molecular formula is C35H48N4O8S. The van der Waals surface area contributed by atoms with Crippen molar-refractivity contribution in [3.05, 3.63) is 65.7 Å².